The van der Waals surface area contributed by atoms with E-state index >= 15 is 0 Å². The number of hydrogen-bond acceptors (Lipinski definition) is 3. The van der Waals surface area contributed by atoms with Crippen molar-refractivity contribution in [2.75, 3.05) is 24.6 Å². The van der Waals surface area contributed by atoms with Crippen LogP contribution >= 0.6 is 7.26 Å². The van der Waals surface area contributed by atoms with Gasteiger partial charge in [-0.3, -0.25) is 0 Å². The van der Waals surface area contributed by atoms with E-state index in [4.69, 9.17) is 5.11 Å². The van der Waals surface area contributed by atoms with E-state index in [1.165, 1.54) is 51.4 Å². The quantitative estimate of drug-likeness (QED) is 0.356. The third-order valence-electron chi connectivity index (χ3n) is 4.31. The van der Waals surface area contributed by atoms with Crippen LogP contribution in [0.15, 0.2) is 12.2 Å². The molecule has 0 aliphatic carbocycles. The number of unbranched alkanes of at least 4 members (excludes halogenated alkanes) is 4. The summed E-state index contributed by atoms with van der Waals surface area (Å²) in [5, 5.41) is 17.2. The zero-order valence-electron chi connectivity index (χ0n) is 16.8. The van der Waals surface area contributed by atoms with Crippen LogP contribution < -0.4 is 5.11 Å². The molecule has 0 aliphatic heterocycles. The van der Waals surface area contributed by atoms with Crippen molar-refractivity contribution in [2.24, 2.45) is 0 Å². The monoisotopic (exact) mass is 374 g/mol. The van der Waals surface area contributed by atoms with Crippen LogP contribution in [0.3, 0.4) is 0 Å². The van der Waals surface area contributed by atoms with E-state index < -0.39 is 19.2 Å². The van der Waals surface area contributed by atoms with Gasteiger partial charge in [0, 0.05) is 13.3 Å². The van der Waals surface area contributed by atoms with Crippen molar-refractivity contribution in [3.63, 3.8) is 0 Å². The van der Waals surface area contributed by atoms with Crippen LogP contribution in [-0.4, -0.2) is 41.7 Å². The van der Waals surface area contributed by atoms with Gasteiger partial charge in [0.25, 0.3) is 0 Å². The van der Waals surface area contributed by atoms with Crippen LogP contribution in [0.1, 0.15) is 79.1 Å². The molecule has 0 saturated heterocycles. The Balaban J connectivity index is 0. The summed E-state index contributed by atoms with van der Waals surface area (Å²) in [5.41, 5.74) is 0. The van der Waals surface area contributed by atoms with E-state index in [2.05, 4.69) is 27.7 Å². The first-order chi connectivity index (χ1) is 11.9. The van der Waals surface area contributed by atoms with Crippen LogP contribution in [0.4, 0.5) is 0 Å². The van der Waals surface area contributed by atoms with Gasteiger partial charge in [0.1, 0.15) is 0 Å². The molecule has 0 aromatic rings. The Labute approximate surface area is 155 Å². The van der Waals surface area contributed by atoms with Crippen molar-refractivity contribution >= 4 is 19.2 Å². The first kappa shape index (κ1) is 26.3. The Hall–Kier alpha value is -0.890. The smallest absolute Gasteiger partial charge is 0.328 e. The van der Waals surface area contributed by atoms with Crippen LogP contribution in [0.25, 0.3) is 0 Å². The number of carboxylic acids is 2. The largest absolute Gasteiger partial charge is 0.545 e. The number of carbonyl (C=O) groups is 2. The predicted octanol–water partition coefficient (Wildman–Crippen LogP) is 4.58. The summed E-state index contributed by atoms with van der Waals surface area (Å²) < 4.78 is 0. The normalized spacial score (nSPS) is 11.2. The Morgan fingerprint density at radius 1 is 0.760 bits per heavy atom. The molecule has 0 radical (unpaired) electrons. The lowest BCUT2D eigenvalue weighted by molar-refractivity contribution is -0.297. The van der Waals surface area contributed by atoms with E-state index in [9.17, 15) is 14.7 Å². The second kappa shape index (κ2) is 17.9. The van der Waals surface area contributed by atoms with Gasteiger partial charge in [0.2, 0.25) is 0 Å². The molecule has 4 nitrogen and oxygen atoms in total. The van der Waals surface area contributed by atoms with E-state index in [0.717, 1.165) is 0 Å². The summed E-state index contributed by atoms with van der Waals surface area (Å²) in [6.45, 7) is 9.42. The Morgan fingerprint density at radius 3 is 1.24 bits per heavy atom. The molecule has 0 amide bonds. The summed E-state index contributed by atoms with van der Waals surface area (Å²) in [7, 11) is -0.562. The highest BCUT2D eigenvalue weighted by Gasteiger charge is 2.34. The van der Waals surface area contributed by atoms with Gasteiger partial charge < -0.3 is 15.0 Å². The van der Waals surface area contributed by atoms with Crippen molar-refractivity contribution in [3.8, 4) is 0 Å². The highest BCUT2D eigenvalue weighted by atomic mass is 31.2. The second-order valence-corrected chi connectivity index (χ2v) is 11.1. The summed E-state index contributed by atoms with van der Waals surface area (Å²) in [4.78, 5) is 19.0. The molecule has 0 spiro atoms. The summed E-state index contributed by atoms with van der Waals surface area (Å²) >= 11 is 0. The minimum absolute atomic E-state index is 0.447. The third-order valence-corrected chi connectivity index (χ3v) is 9.37. The minimum Gasteiger partial charge on any atom is -0.545 e. The van der Waals surface area contributed by atoms with Gasteiger partial charge in [-0.15, -0.1) is 0 Å². The molecule has 0 atom stereocenters. The minimum atomic E-state index is -1.51. The number of hydrogen-bond donors (Lipinski definition) is 1. The average molecular weight is 375 g/mol. The number of carbonyl (C=O) groups excluding carboxylic acids is 1. The van der Waals surface area contributed by atoms with Crippen molar-refractivity contribution in [2.45, 2.75) is 79.1 Å². The fourth-order valence-corrected chi connectivity index (χ4v) is 8.07. The first-order valence-corrected chi connectivity index (χ1v) is 12.4. The van der Waals surface area contributed by atoms with Gasteiger partial charge in [0.15, 0.2) is 0 Å². The lowest BCUT2D eigenvalue weighted by atomic mass is 10.4. The Morgan fingerprint density at radius 2 is 1.08 bits per heavy atom. The molecule has 1 N–H and O–H groups in total. The highest BCUT2D eigenvalue weighted by molar-refractivity contribution is 7.75. The van der Waals surface area contributed by atoms with Crippen molar-refractivity contribution in [1.82, 2.24) is 0 Å². The summed E-state index contributed by atoms with van der Waals surface area (Å²) in [6, 6.07) is 0. The van der Waals surface area contributed by atoms with E-state index in [-0.39, 0.29) is 0 Å². The summed E-state index contributed by atoms with van der Waals surface area (Å²) in [6.07, 6.45) is 18.9. The molecule has 25 heavy (non-hydrogen) atoms. The van der Waals surface area contributed by atoms with Crippen molar-refractivity contribution < 1.29 is 19.8 Å². The van der Waals surface area contributed by atoms with Gasteiger partial charge in [-0.25, -0.2) is 4.79 Å². The van der Waals surface area contributed by atoms with Crippen LogP contribution in [-0.2, 0) is 9.59 Å². The van der Waals surface area contributed by atoms with Gasteiger partial charge in [-0.2, -0.15) is 0 Å². The Kier molecular flexibility index (Phi) is 18.9. The second-order valence-electron chi connectivity index (χ2n) is 6.64. The van der Waals surface area contributed by atoms with Crippen LogP contribution in [0, 0.1) is 0 Å². The van der Waals surface area contributed by atoms with Gasteiger partial charge in [-0.05, 0) is 31.8 Å². The number of rotatable bonds is 14. The van der Waals surface area contributed by atoms with Gasteiger partial charge >= 0.3 is 5.97 Å². The molecule has 148 valence electrons. The van der Waals surface area contributed by atoms with Gasteiger partial charge in [-0.1, -0.05) is 53.4 Å². The predicted molar refractivity (Wildman–Crippen MR) is 108 cm³/mol. The molecule has 0 bridgehead atoms. The fraction of sp³-hybridized carbons (Fsp3) is 0.800. The molecule has 0 fully saturated rings. The van der Waals surface area contributed by atoms with Crippen LogP contribution in [0.2, 0.25) is 0 Å². The van der Waals surface area contributed by atoms with Crippen molar-refractivity contribution in [1.29, 1.82) is 0 Å². The molecule has 0 aliphatic rings. The maximum atomic E-state index is 9.53. The highest BCUT2D eigenvalue weighted by Crippen LogP contribution is 2.61. The molecule has 0 heterocycles. The zero-order chi connectivity index (χ0) is 19.6. The summed E-state index contributed by atoms with van der Waals surface area (Å²) in [5.74, 6) is -2.80. The molecule has 0 rings (SSSR count). The SMILES string of the molecule is CCCC[P+](CCCC)(CCCC)CCCC.O=C([O-])/C=C\C(=O)O. The van der Waals surface area contributed by atoms with Crippen LogP contribution in [0.5, 0.6) is 0 Å². The number of carboxylic acid groups (broad SMARTS) is 2. The zero-order valence-corrected chi connectivity index (χ0v) is 17.7. The van der Waals surface area contributed by atoms with E-state index in [1.54, 1.807) is 24.6 Å². The van der Waals surface area contributed by atoms with Crippen molar-refractivity contribution in [3.05, 3.63) is 12.2 Å². The fourth-order valence-electron chi connectivity index (χ4n) is 2.78. The van der Waals surface area contributed by atoms with Gasteiger partial charge in [0.05, 0.1) is 30.6 Å². The van der Waals surface area contributed by atoms with E-state index in [0.29, 0.717) is 12.2 Å². The molecule has 0 aromatic heterocycles. The molecule has 0 unspecified atom stereocenters. The number of aliphatic carboxylic acids is 2. The lowest BCUT2D eigenvalue weighted by Crippen LogP contribution is -2.19. The maximum Gasteiger partial charge on any atom is 0.328 e. The van der Waals surface area contributed by atoms with E-state index in [1.807, 2.05) is 0 Å². The molecule has 5 heteroatoms. The molecular formula is C20H39O4P. The maximum absolute atomic E-state index is 9.53. The average Bonchev–Trinajstić information content (AvgIpc) is 2.59. The Bertz CT molecular complexity index is 313. The molecular weight excluding hydrogens is 335 g/mol. The molecule has 0 saturated carbocycles. The molecule has 0 aromatic carbocycles. The first-order valence-electron chi connectivity index (χ1n) is 9.84. The third kappa shape index (κ3) is 17.7. The lowest BCUT2D eigenvalue weighted by Gasteiger charge is -2.28. The standard InChI is InChI=1S/C16H36P.C4H4O4/c1-5-9-13-17(14-10-6-2,15-11-7-3)16-12-8-4;5-3(6)1-2-4(7)8/h5-16H2,1-4H3;1-2H,(H,5,6)(H,7,8)/q+1;/p-1/b;2-1-. The topological polar surface area (TPSA) is 77.4 Å².